The van der Waals surface area contributed by atoms with Crippen molar-refractivity contribution in [3.05, 3.63) is 54.9 Å². The van der Waals surface area contributed by atoms with Crippen LogP contribution in [0, 0.1) is 0 Å². The monoisotopic (exact) mass is 478 g/mol. The molecule has 3 nitrogen and oxygen atoms in total. The standard InChI is InChI=1S/C15H13Br3O3/c1-20-13-7-12(18)14(21-2)6-10(13)15(19)9-5-8(16)3-4-11(9)17/h3-7,15,19H,1-2H3. The molecule has 0 amide bonds. The van der Waals surface area contributed by atoms with Crippen molar-refractivity contribution in [3.8, 4) is 11.5 Å². The van der Waals surface area contributed by atoms with Gasteiger partial charge in [0.05, 0.1) is 18.7 Å². The predicted octanol–water partition coefficient (Wildman–Crippen LogP) is 5.07. The molecule has 0 fully saturated rings. The summed E-state index contributed by atoms with van der Waals surface area (Å²) in [7, 11) is 3.15. The molecule has 2 aromatic rings. The molecule has 0 saturated carbocycles. The number of halogens is 3. The Morgan fingerprint density at radius 3 is 2.14 bits per heavy atom. The fraction of sp³-hybridized carbons (Fsp3) is 0.200. The van der Waals surface area contributed by atoms with Gasteiger partial charge in [-0.1, -0.05) is 31.9 Å². The average Bonchev–Trinajstić information content (AvgIpc) is 2.48. The molecule has 2 rings (SSSR count). The van der Waals surface area contributed by atoms with Crippen molar-refractivity contribution in [1.82, 2.24) is 0 Å². The van der Waals surface area contributed by atoms with Crippen molar-refractivity contribution in [1.29, 1.82) is 0 Å². The minimum absolute atomic E-state index is 0.585. The average molecular weight is 481 g/mol. The Hall–Kier alpha value is -0.560. The Kier molecular flexibility index (Phi) is 5.71. The van der Waals surface area contributed by atoms with Gasteiger partial charge in [-0.15, -0.1) is 0 Å². The van der Waals surface area contributed by atoms with E-state index in [1.54, 1.807) is 26.4 Å². The Labute approximate surface area is 148 Å². The highest BCUT2D eigenvalue weighted by molar-refractivity contribution is 9.11. The van der Waals surface area contributed by atoms with E-state index in [2.05, 4.69) is 47.8 Å². The van der Waals surface area contributed by atoms with Crippen LogP contribution in [-0.4, -0.2) is 19.3 Å². The van der Waals surface area contributed by atoms with Crippen LogP contribution in [0.15, 0.2) is 43.7 Å². The molecule has 6 heteroatoms. The highest BCUT2D eigenvalue weighted by Crippen LogP contribution is 2.40. The Morgan fingerprint density at radius 2 is 1.52 bits per heavy atom. The molecular formula is C15H13Br3O3. The lowest BCUT2D eigenvalue weighted by atomic mass is 10.0. The number of methoxy groups -OCH3 is 2. The zero-order valence-corrected chi connectivity index (χ0v) is 16.1. The van der Waals surface area contributed by atoms with E-state index in [1.165, 1.54) is 0 Å². The van der Waals surface area contributed by atoms with Gasteiger partial charge in [0.1, 0.15) is 17.6 Å². The summed E-state index contributed by atoms with van der Waals surface area (Å²) in [6.07, 6.45) is -0.839. The summed E-state index contributed by atoms with van der Waals surface area (Å²) in [6, 6.07) is 9.19. The fourth-order valence-corrected chi connectivity index (χ4v) is 3.32. The summed E-state index contributed by atoms with van der Waals surface area (Å²) in [6.45, 7) is 0. The van der Waals surface area contributed by atoms with E-state index in [0.717, 1.165) is 19.0 Å². The van der Waals surface area contributed by atoms with E-state index in [4.69, 9.17) is 9.47 Å². The van der Waals surface area contributed by atoms with Crippen molar-refractivity contribution in [2.24, 2.45) is 0 Å². The zero-order chi connectivity index (χ0) is 15.6. The first kappa shape index (κ1) is 16.8. The molecule has 1 N–H and O–H groups in total. The first-order valence-corrected chi connectivity index (χ1v) is 8.40. The number of aliphatic hydroxyl groups excluding tert-OH is 1. The summed E-state index contributed by atoms with van der Waals surface area (Å²) < 4.78 is 13.1. The highest BCUT2D eigenvalue weighted by Gasteiger charge is 2.20. The van der Waals surface area contributed by atoms with Crippen molar-refractivity contribution >= 4 is 47.8 Å². The van der Waals surface area contributed by atoms with Crippen LogP contribution in [0.25, 0.3) is 0 Å². The maximum atomic E-state index is 10.7. The summed E-state index contributed by atoms with van der Waals surface area (Å²) in [5, 5.41) is 10.7. The van der Waals surface area contributed by atoms with Crippen LogP contribution in [0.3, 0.4) is 0 Å². The summed E-state index contributed by atoms with van der Waals surface area (Å²) in [5.41, 5.74) is 1.38. The molecule has 2 aromatic carbocycles. The minimum atomic E-state index is -0.839. The number of hydrogen-bond acceptors (Lipinski definition) is 3. The molecule has 0 radical (unpaired) electrons. The molecule has 112 valence electrons. The van der Waals surface area contributed by atoms with Gasteiger partial charge in [-0.2, -0.15) is 0 Å². The second kappa shape index (κ2) is 7.13. The SMILES string of the molecule is COc1cc(C(O)c2cc(Br)ccc2Br)c(OC)cc1Br. The molecule has 0 bridgehead atoms. The third-order valence-electron chi connectivity index (χ3n) is 3.05. The van der Waals surface area contributed by atoms with E-state index < -0.39 is 6.10 Å². The van der Waals surface area contributed by atoms with Crippen LogP contribution in [0.5, 0.6) is 11.5 Å². The van der Waals surface area contributed by atoms with Gasteiger partial charge in [-0.05, 0) is 46.3 Å². The van der Waals surface area contributed by atoms with Crippen LogP contribution in [0.2, 0.25) is 0 Å². The molecule has 0 saturated heterocycles. The lowest BCUT2D eigenvalue weighted by Crippen LogP contribution is -2.04. The predicted molar refractivity (Wildman–Crippen MR) is 93.1 cm³/mol. The second-order valence-corrected chi connectivity index (χ2v) is 6.92. The molecule has 0 spiro atoms. The zero-order valence-electron chi connectivity index (χ0n) is 11.4. The van der Waals surface area contributed by atoms with E-state index in [0.29, 0.717) is 17.1 Å². The van der Waals surface area contributed by atoms with Gasteiger partial charge >= 0.3 is 0 Å². The number of rotatable bonds is 4. The number of benzene rings is 2. The van der Waals surface area contributed by atoms with Gasteiger partial charge in [0.25, 0.3) is 0 Å². The van der Waals surface area contributed by atoms with Gasteiger partial charge < -0.3 is 14.6 Å². The fourth-order valence-electron chi connectivity index (χ4n) is 1.99. The molecule has 21 heavy (non-hydrogen) atoms. The maximum Gasteiger partial charge on any atom is 0.133 e. The maximum absolute atomic E-state index is 10.7. The molecule has 0 heterocycles. The summed E-state index contributed by atoms with van der Waals surface area (Å²) in [5.74, 6) is 1.22. The minimum Gasteiger partial charge on any atom is -0.496 e. The van der Waals surface area contributed by atoms with Crippen molar-refractivity contribution in [2.45, 2.75) is 6.10 Å². The molecule has 0 aliphatic carbocycles. The van der Waals surface area contributed by atoms with Gasteiger partial charge in [0.2, 0.25) is 0 Å². The topological polar surface area (TPSA) is 38.7 Å². The van der Waals surface area contributed by atoms with Gasteiger partial charge in [0, 0.05) is 20.1 Å². The van der Waals surface area contributed by atoms with E-state index in [1.807, 2.05) is 18.2 Å². The van der Waals surface area contributed by atoms with E-state index >= 15 is 0 Å². The van der Waals surface area contributed by atoms with Crippen LogP contribution in [-0.2, 0) is 0 Å². The lowest BCUT2D eigenvalue weighted by molar-refractivity contribution is 0.213. The normalized spacial score (nSPS) is 12.1. The summed E-state index contributed by atoms with van der Waals surface area (Å²) in [4.78, 5) is 0. The molecule has 1 atom stereocenters. The Morgan fingerprint density at radius 1 is 0.857 bits per heavy atom. The quantitative estimate of drug-likeness (QED) is 0.663. The number of aliphatic hydroxyl groups is 1. The second-order valence-electron chi connectivity index (χ2n) is 4.30. The van der Waals surface area contributed by atoms with Crippen molar-refractivity contribution in [2.75, 3.05) is 14.2 Å². The van der Waals surface area contributed by atoms with Gasteiger partial charge in [0.15, 0.2) is 0 Å². The van der Waals surface area contributed by atoms with Gasteiger partial charge in [-0.25, -0.2) is 0 Å². The Bertz CT molecular complexity index is 659. The molecule has 0 aromatic heterocycles. The van der Waals surface area contributed by atoms with Crippen molar-refractivity contribution < 1.29 is 14.6 Å². The third kappa shape index (κ3) is 3.62. The van der Waals surface area contributed by atoms with E-state index in [-0.39, 0.29) is 0 Å². The molecular weight excluding hydrogens is 468 g/mol. The lowest BCUT2D eigenvalue weighted by Gasteiger charge is -2.18. The van der Waals surface area contributed by atoms with Crippen LogP contribution in [0.1, 0.15) is 17.2 Å². The number of ether oxygens (including phenoxy) is 2. The van der Waals surface area contributed by atoms with Crippen LogP contribution >= 0.6 is 47.8 Å². The van der Waals surface area contributed by atoms with Gasteiger partial charge in [-0.3, -0.25) is 0 Å². The summed E-state index contributed by atoms with van der Waals surface area (Å²) >= 11 is 10.3. The van der Waals surface area contributed by atoms with Crippen LogP contribution < -0.4 is 9.47 Å². The number of hydrogen-bond donors (Lipinski definition) is 1. The largest absolute Gasteiger partial charge is 0.496 e. The Balaban J connectivity index is 2.56. The smallest absolute Gasteiger partial charge is 0.133 e. The third-order valence-corrected chi connectivity index (χ3v) is 4.89. The van der Waals surface area contributed by atoms with Crippen LogP contribution in [0.4, 0.5) is 0 Å². The first-order valence-electron chi connectivity index (χ1n) is 6.02. The molecule has 0 aliphatic rings. The van der Waals surface area contributed by atoms with E-state index in [9.17, 15) is 5.11 Å². The molecule has 0 aliphatic heterocycles. The first-order chi connectivity index (χ1) is 9.97. The highest BCUT2D eigenvalue weighted by atomic mass is 79.9. The van der Waals surface area contributed by atoms with Crippen molar-refractivity contribution in [3.63, 3.8) is 0 Å². The molecule has 1 unspecified atom stereocenters.